The van der Waals surface area contributed by atoms with Crippen molar-refractivity contribution in [1.82, 2.24) is 14.8 Å². The second-order valence-corrected chi connectivity index (χ2v) is 9.78. The number of unbranched alkanes of at least 4 members (excludes halogenated alkanes) is 1. The number of rotatable bonds is 5. The Morgan fingerprint density at radius 1 is 1.15 bits per heavy atom. The number of aliphatic imine (C=N–C) groups is 1. The normalized spacial score (nSPS) is 22.6. The van der Waals surface area contributed by atoms with E-state index in [0.29, 0.717) is 12.1 Å². The van der Waals surface area contributed by atoms with Gasteiger partial charge in [0.15, 0.2) is 0 Å². The van der Waals surface area contributed by atoms with E-state index in [1.165, 1.54) is 6.42 Å². The summed E-state index contributed by atoms with van der Waals surface area (Å²) in [6.07, 6.45) is 16.8. The van der Waals surface area contributed by atoms with Crippen LogP contribution >= 0.6 is 0 Å². The number of hydrogen-bond donors (Lipinski definition) is 0. The number of carbonyl (C=O) groups excluding carboxylic acids is 2. The lowest BCUT2D eigenvalue weighted by molar-refractivity contribution is -0.129. The van der Waals surface area contributed by atoms with Crippen molar-refractivity contribution < 1.29 is 9.59 Å². The van der Waals surface area contributed by atoms with Gasteiger partial charge in [-0.15, -0.1) is 0 Å². The van der Waals surface area contributed by atoms with Gasteiger partial charge in [0.1, 0.15) is 11.7 Å². The summed E-state index contributed by atoms with van der Waals surface area (Å²) in [7, 11) is 0. The van der Waals surface area contributed by atoms with E-state index in [1.807, 2.05) is 29.3 Å². The number of nitrogens with zero attached hydrogens (tertiary/aromatic N) is 5. The minimum Gasteiger partial charge on any atom is -0.339 e. The Bertz CT molecular complexity index is 1040. The molecule has 1 saturated heterocycles. The van der Waals surface area contributed by atoms with E-state index in [9.17, 15) is 9.59 Å². The molecular formula is C27H35N5O2. The average Bonchev–Trinajstić information content (AvgIpc) is 3.04. The van der Waals surface area contributed by atoms with E-state index < -0.39 is 0 Å². The molecule has 1 aromatic rings. The van der Waals surface area contributed by atoms with Crippen molar-refractivity contribution in [2.75, 3.05) is 31.1 Å². The molecule has 0 aromatic carbocycles. The van der Waals surface area contributed by atoms with Gasteiger partial charge in [0.2, 0.25) is 5.91 Å². The van der Waals surface area contributed by atoms with Crippen LogP contribution in [0.1, 0.15) is 74.2 Å². The molecule has 0 spiro atoms. The lowest BCUT2D eigenvalue weighted by Gasteiger charge is -2.34. The van der Waals surface area contributed by atoms with Gasteiger partial charge in [-0.1, -0.05) is 19.8 Å². The molecule has 1 atom stereocenters. The molecule has 34 heavy (non-hydrogen) atoms. The largest absolute Gasteiger partial charge is 0.339 e. The molecule has 0 aliphatic carbocycles. The Morgan fingerprint density at radius 2 is 2.00 bits per heavy atom. The Balaban J connectivity index is 1.35. The molecule has 0 bridgehead atoms. The average molecular weight is 462 g/mol. The summed E-state index contributed by atoms with van der Waals surface area (Å²) in [6, 6.07) is 2.04. The number of pyridine rings is 1. The molecule has 0 N–H and O–H groups in total. The summed E-state index contributed by atoms with van der Waals surface area (Å²) in [5.41, 5.74) is 2.81. The fourth-order valence-corrected chi connectivity index (χ4v) is 5.44. The van der Waals surface area contributed by atoms with Crippen LogP contribution in [-0.4, -0.2) is 58.6 Å². The number of aryl methyl sites for hydroxylation is 1. The van der Waals surface area contributed by atoms with Gasteiger partial charge in [0.05, 0.1) is 5.56 Å². The number of hydrogen-bond acceptors (Lipinski definition) is 5. The van der Waals surface area contributed by atoms with E-state index in [0.717, 1.165) is 93.9 Å². The highest BCUT2D eigenvalue weighted by atomic mass is 16.2. The molecular weight excluding hydrogens is 426 g/mol. The number of amides is 2. The van der Waals surface area contributed by atoms with Crippen molar-refractivity contribution in [3.05, 3.63) is 47.4 Å². The summed E-state index contributed by atoms with van der Waals surface area (Å²) in [5.74, 6) is 1.95. The van der Waals surface area contributed by atoms with Crippen LogP contribution in [0.5, 0.6) is 0 Å². The quantitative estimate of drug-likeness (QED) is 0.655. The maximum atomic E-state index is 13.1. The number of likely N-dealkylation sites (tertiary alicyclic amines) is 1. The number of aromatic nitrogens is 1. The number of anilines is 1. The monoisotopic (exact) mass is 461 g/mol. The van der Waals surface area contributed by atoms with Gasteiger partial charge in [-0.05, 0) is 62.7 Å². The van der Waals surface area contributed by atoms with Gasteiger partial charge in [0, 0.05) is 56.3 Å². The van der Waals surface area contributed by atoms with Crippen molar-refractivity contribution >= 4 is 23.5 Å². The van der Waals surface area contributed by atoms with E-state index in [4.69, 9.17) is 9.98 Å². The maximum Gasteiger partial charge on any atom is 0.255 e. The third-order valence-electron chi connectivity index (χ3n) is 7.39. The number of amidine groups is 1. The molecule has 7 heteroatoms. The first kappa shape index (κ1) is 22.8. The minimum atomic E-state index is 0.0500. The van der Waals surface area contributed by atoms with Crippen LogP contribution in [0.4, 0.5) is 5.82 Å². The van der Waals surface area contributed by atoms with Gasteiger partial charge in [-0.25, -0.2) is 4.98 Å². The van der Waals surface area contributed by atoms with E-state index in [-0.39, 0.29) is 17.7 Å². The molecule has 1 aromatic heterocycles. The highest BCUT2D eigenvalue weighted by Crippen LogP contribution is 2.31. The number of carbonyl (C=O) groups is 2. The van der Waals surface area contributed by atoms with Crippen LogP contribution in [0.25, 0.3) is 0 Å². The lowest BCUT2D eigenvalue weighted by Crippen LogP contribution is -2.38. The van der Waals surface area contributed by atoms with Crippen LogP contribution in [-0.2, 0) is 11.2 Å². The van der Waals surface area contributed by atoms with Gasteiger partial charge in [-0.2, -0.15) is 0 Å². The van der Waals surface area contributed by atoms with Crippen molar-refractivity contribution in [3.63, 3.8) is 0 Å². The van der Waals surface area contributed by atoms with E-state index >= 15 is 0 Å². The summed E-state index contributed by atoms with van der Waals surface area (Å²) < 4.78 is 0. The molecule has 7 nitrogen and oxygen atoms in total. The fourth-order valence-electron chi connectivity index (χ4n) is 5.44. The minimum absolute atomic E-state index is 0.0500. The molecule has 0 radical (unpaired) electrons. The van der Waals surface area contributed by atoms with Gasteiger partial charge in [0.25, 0.3) is 5.91 Å². The maximum absolute atomic E-state index is 13.1. The molecule has 0 saturated carbocycles. The Kier molecular flexibility index (Phi) is 6.79. The first-order valence-electron chi connectivity index (χ1n) is 13.0. The Hall–Kier alpha value is -2.96. The fraction of sp³-hybridized carbons (Fsp3) is 0.556. The first-order valence-corrected chi connectivity index (χ1v) is 13.0. The second kappa shape index (κ2) is 10.1. The SMILES string of the molecule is CCCCC1CCN=C2C=C(N3CCCc4cc(C(=O)N5CCCCC5)cnc43)C=CN2C1=O. The van der Waals surface area contributed by atoms with Crippen LogP contribution in [0.2, 0.25) is 0 Å². The summed E-state index contributed by atoms with van der Waals surface area (Å²) in [6.45, 7) is 5.39. The third-order valence-corrected chi connectivity index (χ3v) is 7.39. The van der Waals surface area contributed by atoms with E-state index in [1.54, 1.807) is 11.1 Å². The predicted molar refractivity (Wildman–Crippen MR) is 134 cm³/mol. The van der Waals surface area contributed by atoms with E-state index in [2.05, 4.69) is 11.8 Å². The van der Waals surface area contributed by atoms with Gasteiger partial charge in [-0.3, -0.25) is 19.5 Å². The Labute approximate surface area is 202 Å². The second-order valence-electron chi connectivity index (χ2n) is 9.78. The van der Waals surface area contributed by atoms with Crippen molar-refractivity contribution in [3.8, 4) is 0 Å². The van der Waals surface area contributed by atoms with Crippen LogP contribution < -0.4 is 4.90 Å². The highest BCUT2D eigenvalue weighted by Gasteiger charge is 2.31. The molecule has 4 aliphatic rings. The topological polar surface area (TPSA) is 69.1 Å². The zero-order valence-electron chi connectivity index (χ0n) is 20.2. The van der Waals surface area contributed by atoms with Crippen molar-refractivity contribution in [2.24, 2.45) is 10.9 Å². The van der Waals surface area contributed by atoms with Gasteiger partial charge >= 0.3 is 0 Å². The zero-order chi connectivity index (χ0) is 23.5. The molecule has 1 fully saturated rings. The number of allylic oxidation sites excluding steroid dienone is 1. The number of piperidine rings is 1. The molecule has 1 unspecified atom stereocenters. The lowest BCUT2D eigenvalue weighted by atomic mass is 9.97. The summed E-state index contributed by atoms with van der Waals surface area (Å²) in [5, 5.41) is 0. The summed E-state index contributed by atoms with van der Waals surface area (Å²) >= 11 is 0. The molecule has 4 aliphatic heterocycles. The Morgan fingerprint density at radius 3 is 2.82 bits per heavy atom. The highest BCUT2D eigenvalue weighted by molar-refractivity contribution is 6.08. The van der Waals surface area contributed by atoms with Crippen molar-refractivity contribution in [1.29, 1.82) is 0 Å². The molecule has 2 amide bonds. The number of fused-ring (bicyclic) bond motifs is 2. The van der Waals surface area contributed by atoms with Crippen LogP contribution in [0.15, 0.2) is 41.3 Å². The molecule has 5 rings (SSSR count). The third kappa shape index (κ3) is 4.52. The van der Waals surface area contributed by atoms with Crippen molar-refractivity contribution in [2.45, 2.75) is 64.7 Å². The predicted octanol–water partition coefficient (Wildman–Crippen LogP) is 4.31. The zero-order valence-corrected chi connectivity index (χ0v) is 20.2. The van der Waals surface area contributed by atoms with Crippen LogP contribution in [0.3, 0.4) is 0 Å². The standard InChI is InChI=1S/C27H35N5O2/c1-2-3-8-20-10-12-28-24-18-23(11-16-32(24)27(20)34)31-15-7-9-21-17-22(19-29-25(21)31)26(33)30-13-5-4-6-14-30/h11,16-20H,2-10,12-15H2,1H3. The van der Waals surface area contributed by atoms with Gasteiger partial charge < -0.3 is 9.80 Å². The smallest absolute Gasteiger partial charge is 0.255 e. The summed E-state index contributed by atoms with van der Waals surface area (Å²) in [4.78, 5) is 41.5. The molecule has 180 valence electrons. The van der Waals surface area contributed by atoms with Crippen LogP contribution in [0, 0.1) is 5.92 Å². The molecule has 5 heterocycles. The first-order chi connectivity index (χ1) is 16.7.